The molecule has 0 spiro atoms. The van der Waals surface area contributed by atoms with Gasteiger partial charge in [-0.3, -0.25) is 4.99 Å². The number of aliphatic imine (C=N–C) groups is 1. The maximum absolute atomic E-state index is 13.2. The van der Waals surface area contributed by atoms with Crippen molar-refractivity contribution in [3.05, 3.63) is 35.6 Å². The third-order valence-corrected chi connectivity index (χ3v) is 7.42. The Kier molecular flexibility index (Phi) is 8.49. The Morgan fingerprint density at radius 1 is 1.33 bits per heavy atom. The van der Waals surface area contributed by atoms with E-state index in [0.29, 0.717) is 25.6 Å². The number of rotatable bonds is 4. The summed E-state index contributed by atoms with van der Waals surface area (Å²) in [6, 6.07) is 6.51. The van der Waals surface area contributed by atoms with Gasteiger partial charge in [-0.2, -0.15) is 0 Å². The Balaban J connectivity index is 0.00000364. The van der Waals surface area contributed by atoms with Crippen molar-refractivity contribution in [2.45, 2.75) is 24.6 Å². The van der Waals surface area contributed by atoms with Crippen LogP contribution in [0, 0.1) is 5.82 Å². The summed E-state index contributed by atoms with van der Waals surface area (Å²) in [6.07, 6.45) is 0. The molecule has 0 aromatic heterocycles. The molecule has 1 N–H and O–H groups in total. The van der Waals surface area contributed by atoms with Crippen LogP contribution in [0.25, 0.3) is 0 Å². The van der Waals surface area contributed by atoms with E-state index in [4.69, 9.17) is 0 Å². The lowest BCUT2D eigenvalue weighted by Crippen LogP contribution is -2.57. The lowest BCUT2D eigenvalue weighted by molar-refractivity contribution is 0.291. The second-order valence-electron chi connectivity index (χ2n) is 7.46. The predicted octanol–water partition coefficient (Wildman–Crippen LogP) is 2.13. The molecule has 1 saturated heterocycles. The van der Waals surface area contributed by atoms with E-state index in [0.717, 1.165) is 5.56 Å². The number of nitrogens with zero attached hydrogens (tertiary/aromatic N) is 3. The molecule has 1 unspecified atom stereocenters. The van der Waals surface area contributed by atoms with E-state index < -0.39 is 14.6 Å². The predicted molar refractivity (Wildman–Crippen MR) is 119 cm³/mol. The molecule has 1 aliphatic heterocycles. The summed E-state index contributed by atoms with van der Waals surface area (Å²) >= 11 is 0. The quantitative estimate of drug-likeness (QED) is 0.381. The molecule has 1 aromatic carbocycles. The second-order valence-corrected chi connectivity index (χ2v) is 10.2. The van der Waals surface area contributed by atoms with Crippen LogP contribution >= 0.6 is 24.0 Å². The van der Waals surface area contributed by atoms with E-state index in [1.54, 1.807) is 33.0 Å². The molecule has 1 aromatic rings. The monoisotopic (exact) mass is 512 g/mol. The minimum atomic E-state index is -3.10. The Morgan fingerprint density at radius 3 is 2.41 bits per heavy atom. The Hall–Kier alpha value is -0.940. The van der Waals surface area contributed by atoms with Crippen LogP contribution < -0.4 is 5.32 Å². The minimum absolute atomic E-state index is 0. The number of guanidine groups is 1. The fraction of sp³-hybridized carbons (Fsp3) is 0.611. The maximum atomic E-state index is 13.2. The average molecular weight is 512 g/mol. The van der Waals surface area contributed by atoms with Gasteiger partial charge in [0.05, 0.1) is 16.5 Å². The number of likely N-dealkylation sites (N-methyl/N-ethyl adjacent to an activating group) is 1. The molecule has 154 valence electrons. The molecule has 1 fully saturated rings. The van der Waals surface area contributed by atoms with Crippen LogP contribution in [-0.4, -0.2) is 75.5 Å². The topological polar surface area (TPSA) is 65.0 Å². The van der Waals surface area contributed by atoms with Crippen LogP contribution in [0.1, 0.15) is 25.5 Å². The summed E-state index contributed by atoms with van der Waals surface area (Å²) in [5.74, 6) is 0.546. The van der Waals surface area contributed by atoms with Crippen molar-refractivity contribution in [1.82, 2.24) is 15.1 Å². The molecule has 1 heterocycles. The lowest BCUT2D eigenvalue weighted by Gasteiger charge is -2.39. The summed E-state index contributed by atoms with van der Waals surface area (Å²) in [5, 5.41) is 3.34. The van der Waals surface area contributed by atoms with E-state index in [-0.39, 0.29) is 41.6 Å². The first kappa shape index (κ1) is 24.1. The van der Waals surface area contributed by atoms with Crippen LogP contribution in [0.15, 0.2) is 29.3 Å². The highest BCUT2D eigenvalue weighted by atomic mass is 127. The number of nitrogens with one attached hydrogen (secondary N) is 1. The first-order valence-electron chi connectivity index (χ1n) is 8.67. The van der Waals surface area contributed by atoms with Crippen LogP contribution in [0.2, 0.25) is 0 Å². The molecule has 6 nitrogen and oxygen atoms in total. The molecule has 27 heavy (non-hydrogen) atoms. The van der Waals surface area contributed by atoms with Crippen molar-refractivity contribution in [2.75, 3.05) is 46.5 Å². The summed E-state index contributed by atoms with van der Waals surface area (Å²) in [7, 11) is 2.53. The van der Waals surface area contributed by atoms with Gasteiger partial charge in [0.15, 0.2) is 15.8 Å². The summed E-state index contributed by atoms with van der Waals surface area (Å²) in [5.41, 5.74) is 1.00. The molecular weight excluding hydrogens is 482 g/mol. The zero-order valence-electron chi connectivity index (χ0n) is 16.6. The normalized spacial score (nSPS) is 20.1. The summed E-state index contributed by atoms with van der Waals surface area (Å²) in [6.45, 7) is 4.91. The maximum Gasteiger partial charge on any atom is 0.193 e. The van der Waals surface area contributed by atoms with Gasteiger partial charge in [0.1, 0.15) is 5.82 Å². The first-order chi connectivity index (χ1) is 12.1. The fourth-order valence-electron chi connectivity index (χ4n) is 3.13. The molecule has 0 saturated carbocycles. The SMILES string of the molecule is CN=C(NCC(c1ccc(F)cc1)N(C)C)N1CCS(=O)(=O)C(C)(C)C1.I. The molecule has 0 radical (unpaired) electrons. The van der Waals surface area contributed by atoms with Crippen LogP contribution in [0.4, 0.5) is 4.39 Å². The van der Waals surface area contributed by atoms with Crippen LogP contribution in [-0.2, 0) is 9.84 Å². The lowest BCUT2D eigenvalue weighted by atomic mass is 10.1. The minimum Gasteiger partial charge on any atom is -0.354 e. The second kappa shape index (κ2) is 9.51. The Bertz CT molecular complexity index is 751. The van der Waals surface area contributed by atoms with Gasteiger partial charge in [-0.1, -0.05) is 12.1 Å². The van der Waals surface area contributed by atoms with E-state index in [1.807, 2.05) is 19.0 Å². The van der Waals surface area contributed by atoms with Gasteiger partial charge in [0.25, 0.3) is 0 Å². The van der Waals surface area contributed by atoms with Crippen LogP contribution in [0.5, 0.6) is 0 Å². The molecule has 1 atom stereocenters. The van der Waals surface area contributed by atoms with E-state index >= 15 is 0 Å². The van der Waals surface area contributed by atoms with Gasteiger partial charge in [0, 0.05) is 26.7 Å². The van der Waals surface area contributed by atoms with Gasteiger partial charge in [-0.15, -0.1) is 24.0 Å². The van der Waals surface area contributed by atoms with Gasteiger partial charge >= 0.3 is 0 Å². The zero-order chi connectivity index (χ0) is 19.5. The standard InChI is InChI=1S/C18H29FN4O2S.HI/c1-18(2)13-23(10-11-26(18,24)25)17(20-3)21-12-16(22(4)5)14-6-8-15(19)9-7-14;/h6-9,16H,10-13H2,1-5H3,(H,20,21);1H. The van der Waals surface area contributed by atoms with Crippen molar-refractivity contribution in [1.29, 1.82) is 0 Å². The summed E-state index contributed by atoms with van der Waals surface area (Å²) in [4.78, 5) is 8.36. The van der Waals surface area contributed by atoms with Crippen LogP contribution in [0.3, 0.4) is 0 Å². The Morgan fingerprint density at radius 2 is 1.93 bits per heavy atom. The summed E-state index contributed by atoms with van der Waals surface area (Å²) < 4.78 is 36.8. The number of hydrogen-bond donors (Lipinski definition) is 1. The molecule has 0 bridgehead atoms. The number of halogens is 2. The smallest absolute Gasteiger partial charge is 0.193 e. The van der Waals surface area contributed by atoms with Crippen molar-refractivity contribution in [3.63, 3.8) is 0 Å². The average Bonchev–Trinajstić information content (AvgIpc) is 2.55. The molecule has 0 aliphatic carbocycles. The van der Waals surface area contributed by atoms with Crippen molar-refractivity contribution in [3.8, 4) is 0 Å². The largest absolute Gasteiger partial charge is 0.354 e. The highest BCUT2D eigenvalue weighted by Gasteiger charge is 2.41. The molecule has 1 aliphatic rings. The van der Waals surface area contributed by atoms with Gasteiger partial charge < -0.3 is 15.1 Å². The molecule has 9 heteroatoms. The Labute approximate surface area is 179 Å². The van der Waals surface area contributed by atoms with Gasteiger partial charge in [0.2, 0.25) is 0 Å². The van der Waals surface area contributed by atoms with Crippen molar-refractivity contribution < 1.29 is 12.8 Å². The third-order valence-electron chi connectivity index (χ3n) is 4.89. The van der Waals surface area contributed by atoms with Crippen molar-refractivity contribution >= 4 is 39.8 Å². The van der Waals surface area contributed by atoms with E-state index in [9.17, 15) is 12.8 Å². The van der Waals surface area contributed by atoms with Gasteiger partial charge in [-0.25, -0.2) is 12.8 Å². The van der Waals surface area contributed by atoms with E-state index in [2.05, 4.69) is 15.2 Å². The number of hydrogen-bond acceptors (Lipinski definition) is 4. The van der Waals surface area contributed by atoms with E-state index in [1.165, 1.54) is 12.1 Å². The fourth-order valence-corrected chi connectivity index (χ4v) is 4.49. The molecular formula is C18H30FIN4O2S. The molecule has 0 amide bonds. The van der Waals surface area contributed by atoms with Crippen molar-refractivity contribution in [2.24, 2.45) is 4.99 Å². The highest BCUT2D eigenvalue weighted by Crippen LogP contribution is 2.24. The number of benzene rings is 1. The molecule has 2 rings (SSSR count). The third kappa shape index (κ3) is 5.77. The highest BCUT2D eigenvalue weighted by molar-refractivity contribution is 14.0. The first-order valence-corrected chi connectivity index (χ1v) is 10.3. The number of sulfone groups is 1. The van der Waals surface area contributed by atoms with Gasteiger partial charge in [-0.05, 0) is 45.6 Å². The zero-order valence-corrected chi connectivity index (χ0v) is 19.7.